The van der Waals surface area contributed by atoms with E-state index in [1.54, 1.807) is 6.20 Å². The van der Waals surface area contributed by atoms with Gasteiger partial charge in [-0.1, -0.05) is 12.8 Å². The first-order valence-electron chi connectivity index (χ1n) is 6.83. The van der Waals surface area contributed by atoms with Crippen LogP contribution in [0.2, 0.25) is 0 Å². The van der Waals surface area contributed by atoms with Gasteiger partial charge < -0.3 is 16.0 Å². The van der Waals surface area contributed by atoms with Crippen molar-refractivity contribution in [1.29, 1.82) is 0 Å². The Morgan fingerprint density at radius 2 is 2.17 bits per heavy atom. The SMILES string of the molecule is Cc1cc(NCCN(C)C2CCCC2)ncc1N. The summed E-state index contributed by atoms with van der Waals surface area (Å²) in [6.07, 6.45) is 7.21. The first-order valence-corrected chi connectivity index (χ1v) is 6.83. The van der Waals surface area contributed by atoms with E-state index < -0.39 is 0 Å². The molecule has 0 amide bonds. The normalized spacial score (nSPS) is 16.4. The molecule has 0 aliphatic heterocycles. The molecule has 2 rings (SSSR count). The van der Waals surface area contributed by atoms with E-state index in [9.17, 15) is 0 Å². The number of aryl methyl sites for hydroxylation is 1. The summed E-state index contributed by atoms with van der Waals surface area (Å²) < 4.78 is 0. The number of hydrogen-bond acceptors (Lipinski definition) is 4. The van der Waals surface area contributed by atoms with Crippen LogP contribution in [0.3, 0.4) is 0 Å². The van der Waals surface area contributed by atoms with Crippen LogP contribution < -0.4 is 11.1 Å². The molecule has 1 saturated carbocycles. The predicted octanol–water partition coefficient (Wildman–Crippen LogP) is 2.26. The van der Waals surface area contributed by atoms with Crippen molar-refractivity contribution >= 4 is 11.5 Å². The van der Waals surface area contributed by atoms with Crippen LogP contribution in [0.5, 0.6) is 0 Å². The molecule has 1 heterocycles. The number of likely N-dealkylation sites (N-methyl/N-ethyl adjacent to an activating group) is 1. The number of nitrogens with two attached hydrogens (primary N) is 1. The Morgan fingerprint density at radius 3 is 2.83 bits per heavy atom. The first kappa shape index (κ1) is 13.1. The minimum atomic E-state index is 0.753. The average Bonchev–Trinajstić information content (AvgIpc) is 2.87. The molecular formula is C14H24N4. The summed E-state index contributed by atoms with van der Waals surface area (Å²) >= 11 is 0. The summed E-state index contributed by atoms with van der Waals surface area (Å²) in [5.41, 5.74) is 7.58. The van der Waals surface area contributed by atoms with Crippen LogP contribution in [0.15, 0.2) is 12.3 Å². The van der Waals surface area contributed by atoms with E-state index in [0.717, 1.165) is 36.2 Å². The van der Waals surface area contributed by atoms with Crippen LogP contribution in [-0.4, -0.2) is 36.1 Å². The number of rotatable bonds is 5. The zero-order valence-corrected chi connectivity index (χ0v) is 11.4. The summed E-state index contributed by atoms with van der Waals surface area (Å²) in [5.74, 6) is 0.918. The fraction of sp³-hybridized carbons (Fsp3) is 0.643. The molecule has 4 nitrogen and oxygen atoms in total. The number of anilines is 2. The van der Waals surface area contributed by atoms with E-state index in [4.69, 9.17) is 5.73 Å². The van der Waals surface area contributed by atoms with E-state index in [1.807, 2.05) is 13.0 Å². The Hall–Kier alpha value is -1.29. The summed E-state index contributed by atoms with van der Waals surface area (Å²) in [6.45, 7) is 4.01. The highest BCUT2D eigenvalue weighted by Gasteiger charge is 2.18. The standard InChI is InChI=1S/C14H24N4/c1-11-9-14(17-10-13(11)15)16-7-8-18(2)12-5-3-4-6-12/h9-10,12H,3-8,15H2,1-2H3,(H,16,17). The fourth-order valence-electron chi connectivity index (χ4n) is 2.55. The molecule has 0 bridgehead atoms. The van der Waals surface area contributed by atoms with Crippen LogP contribution in [0.1, 0.15) is 31.2 Å². The second-order valence-electron chi connectivity index (χ2n) is 5.27. The van der Waals surface area contributed by atoms with Crippen LogP contribution in [0.25, 0.3) is 0 Å². The van der Waals surface area contributed by atoms with Crippen LogP contribution in [-0.2, 0) is 0 Å². The molecule has 3 N–H and O–H groups in total. The quantitative estimate of drug-likeness (QED) is 0.839. The number of pyridine rings is 1. The fourth-order valence-corrected chi connectivity index (χ4v) is 2.55. The van der Waals surface area contributed by atoms with Gasteiger partial charge in [0.1, 0.15) is 5.82 Å². The Morgan fingerprint density at radius 1 is 1.44 bits per heavy atom. The van der Waals surface area contributed by atoms with Crippen molar-refractivity contribution in [3.8, 4) is 0 Å². The molecule has 100 valence electrons. The zero-order valence-electron chi connectivity index (χ0n) is 11.4. The van der Waals surface area contributed by atoms with E-state index in [0.29, 0.717) is 0 Å². The molecule has 18 heavy (non-hydrogen) atoms. The van der Waals surface area contributed by atoms with E-state index in [-0.39, 0.29) is 0 Å². The third kappa shape index (κ3) is 3.35. The lowest BCUT2D eigenvalue weighted by atomic mass is 10.2. The molecule has 1 aliphatic rings. The summed E-state index contributed by atoms with van der Waals surface area (Å²) in [7, 11) is 2.22. The zero-order chi connectivity index (χ0) is 13.0. The minimum absolute atomic E-state index is 0.753. The third-order valence-corrected chi connectivity index (χ3v) is 3.87. The lowest BCUT2D eigenvalue weighted by Crippen LogP contribution is -2.33. The van der Waals surface area contributed by atoms with Gasteiger partial charge in [0.05, 0.1) is 11.9 Å². The Balaban J connectivity index is 1.75. The van der Waals surface area contributed by atoms with Gasteiger partial charge in [-0.05, 0) is 38.4 Å². The van der Waals surface area contributed by atoms with Crippen molar-refractivity contribution in [2.75, 3.05) is 31.2 Å². The predicted molar refractivity (Wildman–Crippen MR) is 76.8 cm³/mol. The smallest absolute Gasteiger partial charge is 0.126 e. The van der Waals surface area contributed by atoms with Gasteiger partial charge in [0, 0.05) is 19.1 Å². The molecule has 0 saturated heterocycles. The lowest BCUT2D eigenvalue weighted by molar-refractivity contribution is 0.254. The maximum Gasteiger partial charge on any atom is 0.126 e. The molecule has 0 atom stereocenters. The second kappa shape index (κ2) is 6.05. The maximum atomic E-state index is 5.75. The van der Waals surface area contributed by atoms with E-state index >= 15 is 0 Å². The van der Waals surface area contributed by atoms with Gasteiger partial charge in [-0.2, -0.15) is 0 Å². The van der Waals surface area contributed by atoms with E-state index in [2.05, 4.69) is 22.2 Å². The van der Waals surface area contributed by atoms with Gasteiger partial charge in [-0.15, -0.1) is 0 Å². The molecule has 0 radical (unpaired) electrons. The van der Waals surface area contributed by atoms with Crippen LogP contribution in [0, 0.1) is 6.92 Å². The maximum absolute atomic E-state index is 5.75. The third-order valence-electron chi connectivity index (χ3n) is 3.87. The van der Waals surface area contributed by atoms with E-state index in [1.165, 1.54) is 25.7 Å². The Labute approximate surface area is 110 Å². The van der Waals surface area contributed by atoms with Crippen molar-refractivity contribution in [2.24, 2.45) is 0 Å². The van der Waals surface area contributed by atoms with Crippen molar-refractivity contribution in [3.05, 3.63) is 17.8 Å². The van der Waals surface area contributed by atoms with Gasteiger partial charge in [-0.25, -0.2) is 4.98 Å². The molecule has 0 aromatic carbocycles. The van der Waals surface area contributed by atoms with Gasteiger partial charge in [-0.3, -0.25) is 0 Å². The van der Waals surface area contributed by atoms with Crippen molar-refractivity contribution in [1.82, 2.24) is 9.88 Å². The molecule has 1 aromatic heterocycles. The Kier molecular flexibility index (Phi) is 4.42. The molecular weight excluding hydrogens is 224 g/mol. The summed E-state index contributed by atoms with van der Waals surface area (Å²) in [4.78, 5) is 6.74. The second-order valence-corrected chi connectivity index (χ2v) is 5.27. The minimum Gasteiger partial charge on any atom is -0.397 e. The van der Waals surface area contributed by atoms with Gasteiger partial charge >= 0.3 is 0 Å². The molecule has 1 aliphatic carbocycles. The van der Waals surface area contributed by atoms with Gasteiger partial charge in [0.2, 0.25) is 0 Å². The monoisotopic (exact) mass is 248 g/mol. The summed E-state index contributed by atoms with van der Waals surface area (Å²) in [6, 6.07) is 2.79. The first-order chi connectivity index (χ1) is 8.66. The van der Waals surface area contributed by atoms with Crippen molar-refractivity contribution < 1.29 is 0 Å². The largest absolute Gasteiger partial charge is 0.397 e. The molecule has 4 heteroatoms. The highest BCUT2D eigenvalue weighted by atomic mass is 15.1. The van der Waals surface area contributed by atoms with Crippen LogP contribution in [0.4, 0.5) is 11.5 Å². The molecule has 0 unspecified atom stereocenters. The number of nitrogens with zero attached hydrogens (tertiary/aromatic N) is 2. The van der Waals surface area contributed by atoms with Crippen LogP contribution >= 0.6 is 0 Å². The highest BCUT2D eigenvalue weighted by Crippen LogP contribution is 2.22. The number of nitrogens with one attached hydrogen (secondary N) is 1. The number of nitrogen functional groups attached to an aromatic ring is 1. The topological polar surface area (TPSA) is 54.2 Å². The number of hydrogen-bond donors (Lipinski definition) is 2. The molecule has 0 spiro atoms. The van der Waals surface area contributed by atoms with Crippen molar-refractivity contribution in [3.63, 3.8) is 0 Å². The average molecular weight is 248 g/mol. The van der Waals surface area contributed by atoms with Crippen molar-refractivity contribution in [2.45, 2.75) is 38.6 Å². The number of aromatic nitrogens is 1. The lowest BCUT2D eigenvalue weighted by Gasteiger charge is -2.24. The highest BCUT2D eigenvalue weighted by molar-refractivity contribution is 5.50. The Bertz CT molecular complexity index is 385. The van der Waals surface area contributed by atoms with Gasteiger partial charge in [0.15, 0.2) is 0 Å². The molecule has 1 fully saturated rings. The van der Waals surface area contributed by atoms with Gasteiger partial charge in [0.25, 0.3) is 0 Å². The summed E-state index contributed by atoms with van der Waals surface area (Å²) in [5, 5.41) is 3.36. The molecule has 1 aromatic rings.